The fourth-order valence-corrected chi connectivity index (χ4v) is 2.57. The Morgan fingerprint density at radius 2 is 1.93 bits per heavy atom. The Labute approximate surface area is 154 Å². The van der Waals surface area contributed by atoms with Gasteiger partial charge in [-0.3, -0.25) is 4.79 Å². The van der Waals surface area contributed by atoms with E-state index in [0.717, 1.165) is 0 Å². The number of carbonyl (C=O) groups is 1. The molecule has 27 heavy (non-hydrogen) atoms. The lowest BCUT2D eigenvalue weighted by Gasteiger charge is -2.17. The second-order valence-corrected chi connectivity index (χ2v) is 5.86. The molecule has 0 unspecified atom stereocenters. The van der Waals surface area contributed by atoms with Crippen LogP contribution in [0.4, 0.5) is 4.39 Å². The van der Waals surface area contributed by atoms with E-state index in [-0.39, 0.29) is 24.5 Å². The van der Waals surface area contributed by atoms with Crippen molar-refractivity contribution in [2.75, 3.05) is 27.3 Å². The monoisotopic (exact) mass is 371 g/mol. The molecular formula is C20H18FNO5. The number of hydrogen-bond acceptors (Lipinski definition) is 5. The summed E-state index contributed by atoms with van der Waals surface area (Å²) < 4.78 is 28.8. The summed E-state index contributed by atoms with van der Waals surface area (Å²) in [5, 5.41) is 0.591. The summed E-state index contributed by atoms with van der Waals surface area (Å²) in [6, 6.07) is 12.2. The summed E-state index contributed by atoms with van der Waals surface area (Å²) in [5.74, 6) is 0.0877. The fourth-order valence-electron chi connectivity index (χ4n) is 2.57. The van der Waals surface area contributed by atoms with Gasteiger partial charge in [-0.25, -0.2) is 9.18 Å². The first-order chi connectivity index (χ1) is 13.0. The van der Waals surface area contributed by atoms with Crippen LogP contribution in [0.1, 0.15) is 10.4 Å². The molecule has 3 aromatic rings. The maximum Gasteiger partial charge on any atom is 0.349 e. The normalized spacial score (nSPS) is 10.6. The number of benzene rings is 2. The molecule has 1 aromatic heterocycles. The van der Waals surface area contributed by atoms with Crippen LogP contribution < -0.4 is 15.1 Å². The Bertz CT molecular complexity index is 1010. The molecule has 3 rings (SSSR count). The molecule has 1 heterocycles. The molecule has 0 N–H and O–H groups in total. The van der Waals surface area contributed by atoms with Gasteiger partial charge in [0.2, 0.25) is 0 Å². The predicted octanol–water partition coefficient (Wildman–Crippen LogP) is 3.09. The predicted molar refractivity (Wildman–Crippen MR) is 97.9 cm³/mol. The third kappa shape index (κ3) is 4.08. The molecule has 0 fully saturated rings. The van der Waals surface area contributed by atoms with Gasteiger partial charge in [-0.2, -0.15) is 0 Å². The van der Waals surface area contributed by atoms with E-state index in [9.17, 15) is 14.0 Å². The topological polar surface area (TPSA) is 69.0 Å². The lowest BCUT2D eigenvalue weighted by atomic mass is 10.1. The van der Waals surface area contributed by atoms with Gasteiger partial charge in [0, 0.05) is 12.4 Å². The molecule has 0 radical (unpaired) electrons. The largest absolute Gasteiger partial charge is 0.493 e. The first kappa shape index (κ1) is 18.4. The highest BCUT2D eigenvalue weighted by Gasteiger charge is 2.19. The van der Waals surface area contributed by atoms with Gasteiger partial charge in [-0.1, -0.05) is 12.1 Å². The summed E-state index contributed by atoms with van der Waals surface area (Å²) >= 11 is 0. The molecule has 0 saturated carbocycles. The van der Waals surface area contributed by atoms with Gasteiger partial charge in [0.25, 0.3) is 5.91 Å². The van der Waals surface area contributed by atoms with E-state index < -0.39 is 11.5 Å². The van der Waals surface area contributed by atoms with Crippen LogP contribution in [0.2, 0.25) is 0 Å². The van der Waals surface area contributed by atoms with Crippen molar-refractivity contribution < 1.29 is 23.1 Å². The average Bonchev–Trinajstić information content (AvgIpc) is 2.68. The van der Waals surface area contributed by atoms with Crippen LogP contribution in [-0.2, 0) is 0 Å². The zero-order valence-corrected chi connectivity index (χ0v) is 14.9. The van der Waals surface area contributed by atoms with Gasteiger partial charge >= 0.3 is 5.63 Å². The standard InChI is InChI=1S/C20H18FNO5/c1-22(10-11-26-15-8-6-14(21)7-9-15)19(23)16-12-13-4-3-5-17(25-2)18(13)27-20(16)24/h3-9,12H,10-11H2,1-2H3. The summed E-state index contributed by atoms with van der Waals surface area (Å²) in [5.41, 5.74) is -0.507. The third-order valence-corrected chi connectivity index (χ3v) is 4.03. The molecule has 0 aliphatic carbocycles. The van der Waals surface area contributed by atoms with Gasteiger partial charge in [0.05, 0.1) is 13.7 Å². The quantitative estimate of drug-likeness (QED) is 0.623. The summed E-state index contributed by atoms with van der Waals surface area (Å²) in [7, 11) is 3.04. The molecular weight excluding hydrogens is 353 g/mol. The van der Waals surface area contributed by atoms with Gasteiger partial charge < -0.3 is 18.8 Å². The number of amides is 1. The minimum atomic E-state index is -0.733. The van der Waals surface area contributed by atoms with Crippen molar-refractivity contribution >= 4 is 16.9 Å². The van der Waals surface area contributed by atoms with Gasteiger partial charge in [-0.15, -0.1) is 0 Å². The molecule has 7 heteroatoms. The molecule has 2 aromatic carbocycles. The van der Waals surface area contributed by atoms with E-state index in [0.29, 0.717) is 22.5 Å². The summed E-state index contributed by atoms with van der Waals surface area (Å²) in [4.78, 5) is 26.2. The van der Waals surface area contributed by atoms with E-state index >= 15 is 0 Å². The van der Waals surface area contributed by atoms with Gasteiger partial charge in [0.15, 0.2) is 11.3 Å². The molecule has 0 atom stereocenters. The number of nitrogens with zero attached hydrogens (tertiary/aromatic N) is 1. The second kappa shape index (κ2) is 7.90. The van der Waals surface area contributed by atoms with E-state index in [1.807, 2.05) is 0 Å². The van der Waals surface area contributed by atoms with Crippen molar-refractivity contribution in [1.82, 2.24) is 4.90 Å². The number of carbonyl (C=O) groups excluding carboxylic acids is 1. The zero-order valence-electron chi connectivity index (χ0n) is 14.9. The van der Waals surface area contributed by atoms with Crippen LogP contribution >= 0.6 is 0 Å². The highest BCUT2D eigenvalue weighted by molar-refractivity contribution is 5.97. The Kier molecular flexibility index (Phi) is 5.40. The number of ether oxygens (including phenoxy) is 2. The van der Waals surface area contributed by atoms with Gasteiger partial charge in [0.1, 0.15) is 23.7 Å². The molecule has 0 spiro atoms. The first-order valence-corrected chi connectivity index (χ1v) is 8.24. The number of rotatable bonds is 6. The Morgan fingerprint density at radius 3 is 2.63 bits per heavy atom. The highest BCUT2D eigenvalue weighted by Crippen LogP contribution is 2.24. The fraction of sp³-hybridized carbons (Fsp3) is 0.200. The SMILES string of the molecule is COc1cccc2cc(C(=O)N(C)CCOc3ccc(F)cc3)c(=O)oc12. The Balaban J connectivity index is 1.71. The lowest BCUT2D eigenvalue weighted by Crippen LogP contribution is -2.33. The maximum atomic E-state index is 12.9. The van der Waals surface area contributed by atoms with E-state index in [1.54, 1.807) is 25.2 Å². The molecule has 0 aliphatic rings. The minimum Gasteiger partial charge on any atom is -0.493 e. The number of para-hydroxylation sites is 1. The third-order valence-electron chi connectivity index (χ3n) is 4.03. The molecule has 140 valence electrons. The first-order valence-electron chi connectivity index (χ1n) is 8.24. The van der Waals surface area contributed by atoms with E-state index in [4.69, 9.17) is 13.9 Å². The Morgan fingerprint density at radius 1 is 1.19 bits per heavy atom. The van der Waals surface area contributed by atoms with E-state index in [2.05, 4.69) is 0 Å². The number of methoxy groups -OCH3 is 1. The van der Waals surface area contributed by atoms with Crippen molar-refractivity contribution in [3.8, 4) is 11.5 Å². The number of halogens is 1. The second-order valence-electron chi connectivity index (χ2n) is 5.86. The Hall–Kier alpha value is -3.35. The van der Waals surface area contributed by atoms with Crippen LogP contribution in [-0.4, -0.2) is 38.1 Å². The van der Waals surface area contributed by atoms with Crippen molar-refractivity contribution in [3.05, 3.63) is 70.3 Å². The van der Waals surface area contributed by atoms with Crippen molar-refractivity contribution in [1.29, 1.82) is 0 Å². The smallest absolute Gasteiger partial charge is 0.349 e. The lowest BCUT2D eigenvalue weighted by molar-refractivity contribution is 0.0769. The molecule has 0 aliphatic heterocycles. The minimum absolute atomic E-state index is 0.0694. The van der Waals surface area contributed by atoms with Crippen molar-refractivity contribution in [2.24, 2.45) is 0 Å². The number of likely N-dealkylation sites (N-methyl/N-ethyl adjacent to an activating group) is 1. The van der Waals surface area contributed by atoms with Crippen LogP contribution in [0.5, 0.6) is 11.5 Å². The molecule has 0 bridgehead atoms. The molecule has 1 amide bonds. The van der Waals surface area contributed by atoms with Gasteiger partial charge in [-0.05, 0) is 36.4 Å². The number of hydrogen-bond donors (Lipinski definition) is 0. The number of fused-ring (bicyclic) bond motifs is 1. The van der Waals surface area contributed by atoms with Crippen molar-refractivity contribution in [2.45, 2.75) is 0 Å². The maximum absolute atomic E-state index is 12.9. The average molecular weight is 371 g/mol. The van der Waals surface area contributed by atoms with E-state index in [1.165, 1.54) is 42.3 Å². The summed E-state index contributed by atoms with van der Waals surface area (Å²) in [6.45, 7) is 0.437. The van der Waals surface area contributed by atoms with Crippen LogP contribution in [0.3, 0.4) is 0 Å². The van der Waals surface area contributed by atoms with Crippen molar-refractivity contribution in [3.63, 3.8) is 0 Å². The molecule has 0 saturated heterocycles. The van der Waals surface area contributed by atoms with Crippen LogP contribution in [0.25, 0.3) is 11.0 Å². The summed E-state index contributed by atoms with van der Waals surface area (Å²) in [6.07, 6.45) is 0. The van der Waals surface area contributed by atoms with Crippen LogP contribution in [0.15, 0.2) is 57.7 Å². The molecule has 6 nitrogen and oxygen atoms in total. The zero-order chi connectivity index (χ0) is 19.4. The highest BCUT2D eigenvalue weighted by atomic mass is 19.1. The van der Waals surface area contributed by atoms with Crippen LogP contribution in [0, 0.1) is 5.82 Å².